The van der Waals surface area contributed by atoms with Gasteiger partial charge < -0.3 is 10.4 Å². The molecule has 1 aliphatic rings. The molecule has 3 aromatic heterocycles. The number of aromatic hydroxyl groups is 1. The highest BCUT2D eigenvalue weighted by Gasteiger charge is 2.30. The van der Waals surface area contributed by atoms with Crippen LogP contribution in [0.15, 0.2) is 17.1 Å². The quantitative estimate of drug-likeness (QED) is 0.610. The van der Waals surface area contributed by atoms with E-state index in [0.717, 1.165) is 17.4 Å². The van der Waals surface area contributed by atoms with Crippen LogP contribution in [0, 0.1) is 16.7 Å². The summed E-state index contributed by atoms with van der Waals surface area (Å²) >= 11 is 0. The van der Waals surface area contributed by atoms with Crippen LogP contribution in [-0.2, 0) is 6.54 Å². The van der Waals surface area contributed by atoms with Crippen molar-refractivity contribution in [3.63, 3.8) is 0 Å². The number of H-pyrrole nitrogens is 1. The molecule has 4 rings (SSSR count). The molecule has 0 aliphatic heterocycles. The summed E-state index contributed by atoms with van der Waals surface area (Å²) < 4.78 is 2.58. The van der Waals surface area contributed by atoms with Gasteiger partial charge in [0.1, 0.15) is 23.1 Å². The molecule has 0 atom stereocenters. The summed E-state index contributed by atoms with van der Waals surface area (Å²) in [6.45, 7) is 6.19. The van der Waals surface area contributed by atoms with Crippen LogP contribution in [0.1, 0.15) is 49.5 Å². The maximum absolute atomic E-state index is 13.2. The van der Waals surface area contributed by atoms with Crippen LogP contribution in [-0.4, -0.2) is 41.4 Å². The number of rotatable bonds is 4. The van der Waals surface area contributed by atoms with Crippen molar-refractivity contribution in [3.8, 4) is 23.3 Å². The van der Waals surface area contributed by atoms with Gasteiger partial charge in [0, 0.05) is 24.8 Å². The molecule has 1 aliphatic carbocycles. The van der Waals surface area contributed by atoms with Crippen molar-refractivity contribution >= 4 is 11.6 Å². The first-order valence-corrected chi connectivity index (χ1v) is 9.30. The van der Waals surface area contributed by atoms with Gasteiger partial charge in [-0.25, -0.2) is 0 Å². The van der Waals surface area contributed by atoms with E-state index in [1.54, 1.807) is 6.07 Å². The fourth-order valence-electron chi connectivity index (χ4n) is 3.16. The van der Waals surface area contributed by atoms with Crippen LogP contribution >= 0.6 is 0 Å². The van der Waals surface area contributed by atoms with Gasteiger partial charge in [0.2, 0.25) is 5.88 Å². The van der Waals surface area contributed by atoms with Gasteiger partial charge in [-0.05, 0) is 18.3 Å². The number of hydrogen-bond donors (Lipinski definition) is 3. The number of aromatic nitrogens is 5. The molecule has 0 spiro atoms. The van der Waals surface area contributed by atoms with Crippen LogP contribution in [0.4, 0.5) is 0 Å². The fourth-order valence-corrected chi connectivity index (χ4v) is 3.16. The Morgan fingerprint density at radius 1 is 1.45 bits per heavy atom. The molecular weight excluding hydrogens is 374 g/mol. The monoisotopic (exact) mass is 395 g/mol. The van der Waals surface area contributed by atoms with Gasteiger partial charge in [-0.15, -0.1) is 0 Å². The number of carbonyl (C=O) groups is 1. The first-order chi connectivity index (χ1) is 13.7. The Morgan fingerprint density at radius 3 is 2.79 bits per heavy atom. The average Bonchev–Trinajstić information content (AvgIpc) is 3.16. The van der Waals surface area contributed by atoms with Gasteiger partial charge in [-0.3, -0.25) is 19.3 Å². The lowest BCUT2D eigenvalue weighted by molar-refractivity contribution is 0.0944. The summed E-state index contributed by atoms with van der Waals surface area (Å²) in [7, 11) is 0. The Labute approximate surface area is 165 Å². The first-order valence-electron chi connectivity index (χ1n) is 9.30. The summed E-state index contributed by atoms with van der Waals surface area (Å²) in [5, 5.41) is 33.7. The molecule has 150 valence electrons. The number of amides is 1. The summed E-state index contributed by atoms with van der Waals surface area (Å²) in [6.07, 6.45) is 3.15. The molecule has 0 aromatic carbocycles. The van der Waals surface area contributed by atoms with Crippen LogP contribution in [0.3, 0.4) is 0 Å². The summed E-state index contributed by atoms with van der Waals surface area (Å²) in [4.78, 5) is 25.8. The predicted octanol–water partition coefficient (Wildman–Crippen LogP) is 1.40. The molecule has 1 amide bonds. The lowest BCUT2D eigenvalue weighted by Crippen LogP contribution is -2.37. The number of carbonyl (C=O) groups excluding carboxylic acids is 1. The van der Waals surface area contributed by atoms with Gasteiger partial charge in [0.25, 0.3) is 11.5 Å². The van der Waals surface area contributed by atoms with Crippen molar-refractivity contribution in [3.05, 3.63) is 33.7 Å². The zero-order valence-electron chi connectivity index (χ0n) is 16.4. The molecular formula is C19H21N7O3. The van der Waals surface area contributed by atoms with Crippen molar-refractivity contribution in [2.45, 2.75) is 46.2 Å². The standard InChI is InChI=1S/C19H21N7O3/c1-19(2,3)9-25-13-6-12(15-10(7-20)8-21-23-15)24-26(13)18(29)14(17(25)28)16(27)22-11-4-5-11/h6,8,11,29H,4-5,9H2,1-3H3,(H,21,23)(H,22,27). The third-order valence-electron chi connectivity index (χ3n) is 4.63. The minimum Gasteiger partial charge on any atom is -0.492 e. The van der Waals surface area contributed by atoms with Crippen molar-refractivity contribution in [1.82, 2.24) is 29.7 Å². The number of nitrogens with one attached hydrogen (secondary N) is 2. The van der Waals surface area contributed by atoms with Gasteiger partial charge >= 0.3 is 0 Å². The van der Waals surface area contributed by atoms with E-state index in [-0.39, 0.29) is 22.6 Å². The van der Waals surface area contributed by atoms with Crippen LogP contribution in [0.25, 0.3) is 17.0 Å². The summed E-state index contributed by atoms with van der Waals surface area (Å²) in [5.74, 6) is -1.15. The molecule has 10 heteroatoms. The van der Waals surface area contributed by atoms with E-state index in [1.807, 2.05) is 26.8 Å². The van der Waals surface area contributed by atoms with Crippen LogP contribution < -0.4 is 10.9 Å². The van der Waals surface area contributed by atoms with E-state index in [1.165, 1.54) is 10.8 Å². The molecule has 3 aromatic rings. The zero-order valence-corrected chi connectivity index (χ0v) is 16.4. The van der Waals surface area contributed by atoms with Crippen molar-refractivity contribution in [2.75, 3.05) is 0 Å². The number of aromatic amines is 1. The molecule has 0 unspecified atom stereocenters. The molecule has 0 saturated heterocycles. The normalized spacial score (nSPS) is 14.1. The molecule has 0 radical (unpaired) electrons. The van der Waals surface area contributed by atoms with Gasteiger partial charge in [-0.2, -0.15) is 20.0 Å². The highest BCUT2D eigenvalue weighted by molar-refractivity contribution is 5.96. The summed E-state index contributed by atoms with van der Waals surface area (Å²) in [5.41, 5.74) is -0.00568. The van der Waals surface area contributed by atoms with Crippen LogP contribution in [0.5, 0.6) is 5.88 Å². The van der Waals surface area contributed by atoms with Gasteiger partial charge in [0.15, 0.2) is 5.56 Å². The minimum atomic E-state index is -0.617. The van der Waals surface area contributed by atoms with E-state index in [0.29, 0.717) is 23.6 Å². The topological polar surface area (TPSA) is 141 Å². The SMILES string of the molecule is CC(C)(C)Cn1c(=O)c(C(=O)NC2CC2)c(O)n2nc(-c3n[nH]cc3C#N)cc12. The maximum atomic E-state index is 13.2. The lowest BCUT2D eigenvalue weighted by atomic mass is 9.97. The van der Waals surface area contributed by atoms with Gasteiger partial charge in [-0.1, -0.05) is 20.8 Å². The van der Waals surface area contributed by atoms with E-state index in [2.05, 4.69) is 20.6 Å². The second-order valence-electron chi connectivity index (χ2n) is 8.46. The Hall–Kier alpha value is -3.61. The second kappa shape index (κ2) is 6.48. The Kier molecular flexibility index (Phi) is 4.19. The van der Waals surface area contributed by atoms with Gasteiger partial charge in [0.05, 0.1) is 5.56 Å². The van der Waals surface area contributed by atoms with Crippen molar-refractivity contribution in [2.24, 2.45) is 5.41 Å². The fraction of sp³-hybridized carbons (Fsp3) is 0.421. The van der Waals surface area contributed by atoms with E-state index < -0.39 is 17.3 Å². The molecule has 10 nitrogen and oxygen atoms in total. The van der Waals surface area contributed by atoms with Crippen LogP contribution in [0.2, 0.25) is 0 Å². The highest BCUT2D eigenvalue weighted by atomic mass is 16.3. The predicted molar refractivity (Wildman–Crippen MR) is 103 cm³/mol. The second-order valence-corrected chi connectivity index (χ2v) is 8.46. The first kappa shape index (κ1) is 18.7. The number of nitriles is 1. The van der Waals surface area contributed by atoms with Crippen molar-refractivity contribution < 1.29 is 9.90 Å². The molecule has 3 N–H and O–H groups in total. The van der Waals surface area contributed by atoms with E-state index in [9.17, 15) is 20.0 Å². The molecule has 1 saturated carbocycles. The molecule has 1 fully saturated rings. The van der Waals surface area contributed by atoms with E-state index >= 15 is 0 Å². The highest BCUT2D eigenvalue weighted by Crippen LogP contribution is 2.27. The largest absolute Gasteiger partial charge is 0.492 e. The average molecular weight is 395 g/mol. The van der Waals surface area contributed by atoms with Crippen molar-refractivity contribution in [1.29, 1.82) is 5.26 Å². The molecule has 29 heavy (non-hydrogen) atoms. The summed E-state index contributed by atoms with van der Waals surface area (Å²) in [6, 6.07) is 3.62. The maximum Gasteiger partial charge on any atom is 0.270 e. The minimum absolute atomic E-state index is 0.0310. The van der Waals surface area contributed by atoms with E-state index in [4.69, 9.17) is 0 Å². The third-order valence-corrected chi connectivity index (χ3v) is 4.63. The smallest absolute Gasteiger partial charge is 0.270 e. The zero-order chi connectivity index (χ0) is 20.9. The Morgan fingerprint density at radius 2 is 2.17 bits per heavy atom. The molecule has 3 heterocycles. The lowest BCUT2D eigenvalue weighted by Gasteiger charge is -2.21. The Bertz CT molecular complexity index is 1220. The third kappa shape index (κ3) is 3.35. The molecule has 0 bridgehead atoms. The number of nitrogens with zero attached hydrogens (tertiary/aromatic N) is 5. The number of hydrogen-bond acceptors (Lipinski definition) is 6. The Balaban J connectivity index is 1.97. The number of fused-ring (bicyclic) bond motifs is 1.